The fraction of sp³-hybridized carbons (Fsp3) is 0.200. The zero-order valence-corrected chi connectivity index (χ0v) is 11.3. The number of para-hydroxylation sites is 1. The molecule has 4 heteroatoms. The maximum absolute atomic E-state index is 12.5. The first-order chi connectivity index (χ1) is 9.15. The number of carbonyl (C=O) groups is 1. The van der Waals surface area contributed by atoms with Crippen LogP contribution in [0.25, 0.3) is 0 Å². The quantitative estimate of drug-likeness (QED) is 0.848. The molecule has 98 valence electrons. The average Bonchev–Trinajstić information content (AvgIpc) is 2.47. The predicted octanol–water partition coefficient (Wildman–Crippen LogP) is 2.68. The van der Waals surface area contributed by atoms with Crippen LogP contribution in [0.4, 0.5) is 5.69 Å². The lowest BCUT2D eigenvalue weighted by Crippen LogP contribution is -2.27. The van der Waals surface area contributed by atoms with Gasteiger partial charge in [0.05, 0.1) is 18.9 Å². The Morgan fingerprint density at radius 1 is 1.21 bits per heavy atom. The molecule has 0 aliphatic carbocycles. The van der Waals surface area contributed by atoms with Gasteiger partial charge in [-0.05, 0) is 19.1 Å². The smallest absolute Gasteiger partial charge is 0.259 e. The maximum Gasteiger partial charge on any atom is 0.259 e. The fourth-order valence-corrected chi connectivity index (χ4v) is 1.88. The van der Waals surface area contributed by atoms with Gasteiger partial charge in [-0.1, -0.05) is 18.2 Å². The second kappa shape index (κ2) is 5.52. The van der Waals surface area contributed by atoms with Crippen molar-refractivity contribution in [2.24, 2.45) is 0 Å². The van der Waals surface area contributed by atoms with Crippen LogP contribution >= 0.6 is 0 Å². The standard InChI is InChI=1S/C15H16N2O2/c1-11-13(9-16-10-14(11)19-3)15(18)17(2)12-7-5-4-6-8-12/h4-10H,1-3H3. The summed E-state index contributed by atoms with van der Waals surface area (Å²) in [4.78, 5) is 18.1. The summed E-state index contributed by atoms with van der Waals surface area (Å²) in [5.74, 6) is 0.516. The molecule has 1 aromatic carbocycles. The van der Waals surface area contributed by atoms with Gasteiger partial charge >= 0.3 is 0 Å². The van der Waals surface area contributed by atoms with Crippen LogP contribution in [0.5, 0.6) is 5.75 Å². The molecule has 19 heavy (non-hydrogen) atoms. The number of aromatic nitrogens is 1. The maximum atomic E-state index is 12.5. The summed E-state index contributed by atoms with van der Waals surface area (Å²) in [5, 5.41) is 0. The van der Waals surface area contributed by atoms with Crippen molar-refractivity contribution >= 4 is 11.6 Å². The SMILES string of the molecule is COc1cncc(C(=O)N(C)c2ccccc2)c1C. The molecule has 0 bridgehead atoms. The lowest BCUT2D eigenvalue weighted by atomic mass is 10.1. The first-order valence-electron chi connectivity index (χ1n) is 5.97. The summed E-state index contributed by atoms with van der Waals surface area (Å²) in [7, 11) is 3.32. The molecule has 2 rings (SSSR count). The van der Waals surface area contributed by atoms with Crippen molar-refractivity contribution in [2.45, 2.75) is 6.92 Å². The van der Waals surface area contributed by atoms with Crippen LogP contribution in [-0.2, 0) is 0 Å². The van der Waals surface area contributed by atoms with E-state index in [4.69, 9.17) is 4.74 Å². The van der Waals surface area contributed by atoms with E-state index in [1.807, 2.05) is 37.3 Å². The highest BCUT2D eigenvalue weighted by molar-refractivity contribution is 6.06. The molecule has 1 aromatic heterocycles. The van der Waals surface area contributed by atoms with Crippen molar-refractivity contribution in [3.63, 3.8) is 0 Å². The topological polar surface area (TPSA) is 42.4 Å². The third-order valence-corrected chi connectivity index (χ3v) is 3.07. The van der Waals surface area contributed by atoms with Gasteiger partial charge in [0.15, 0.2) is 0 Å². The Hall–Kier alpha value is -2.36. The number of methoxy groups -OCH3 is 1. The number of pyridine rings is 1. The molecule has 0 atom stereocenters. The van der Waals surface area contributed by atoms with Gasteiger partial charge in [-0.3, -0.25) is 9.78 Å². The number of carbonyl (C=O) groups excluding carboxylic acids is 1. The molecule has 1 heterocycles. The molecule has 0 aliphatic heterocycles. The van der Waals surface area contributed by atoms with E-state index in [1.165, 1.54) is 0 Å². The Kier molecular flexibility index (Phi) is 3.80. The zero-order valence-electron chi connectivity index (χ0n) is 11.3. The van der Waals surface area contributed by atoms with Gasteiger partial charge in [0.1, 0.15) is 5.75 Å². The number of amides is 1. The molecule has 4 nitrogen and oxygen atoms in total. The minimum absolute atomic E-state index is 0.102. The molecule has 0 spiro atoms. The number of rotatable bonds is 3. The van der Waals surface area contributed by atoms with E-state index in [2.05, 4.69) is 4.98 Å². The van der Waals surface area contributed by atoms with Crippen molar-refractivity contribution in [3.8, 4) is 5.75 Å². The molecular weight excluding hydrogens is 240 g/mol. The van der Waals surface area contributed by atoms with Gasteiger partial charge in [0.25, 0.3) is 5.91 Å². The summed E-state index contributed by atoms with van der Waals surface area (Å²) < 4.78 is 5.19. The van der Waals surface area contributed by atoms with Crippen molar-refractivity contribution in [3.05, 3.63) is 53.9 Å². The van der Waals surface area contributed by atoms with Gasteiger partial charge in [0, 0.05) is 24.5 Å². The van der Waals surface area contributed by atoms with E-state index >= 15 is 0 Å². The summed E-state index contributed by atoms with van der Waals surface area (Å²) in [5.41, 5.74) is 2.19. The van der Waals surface area contributed by atoms with Crippen molar-refractivity contribution in [1.82, 2.24) is 4.98 Å². The summed E-state index contributed by atoms with van der Waals surface area (Å²) >= 11 is 0. The summed E-state index contributed by atoms with van der Waals surface area (Å²) in [6.07, 6.45) is 3.17. The zero-order chi connectivity index (χ0) is 13.8. The van der Waals surface area contributed by atoms with Crippen LogP contribution < -0.4 is 9.64 Å². The van der Waals surface area contributed by atoms with Crippen molar-refractivity contribution in [1.29, 1.82) is 0 Å². The van der Waals surface area contributed by atoms with Crippen LogP contribution in [0, 0.1) is 6.92 Å². The number of ether oxygens (including phenoxy) is 1. The number of hydrogen-bond acceptors (Lipinski definition) is 3. The molecule has 0 fully saturated rings. The molecule has 0 saturated carbocycles. The number of nitrogens with zero attached hydrogens (tertiary/aromatic N) is 2. The van der Waals surface area contributed by atoms with Gasteiger partial charge in [0.2, 0.25) is 0 Å². The molecule has 0 aliphatic rings. The Balaban J connectivity index is 2.35. The van der Waals surface area contributed by atoms with E-state index in [0.717, 1.165) is 11.3 Å². The van der Waals surface area contributed by atoms with Gasteiger partial charge in [-0.2, -0.15) is 0 Å². The Morgan fingerprint density at radius 2 is 1.89 bits per heavy atom. The molecule has 0 unspecified atom stereocenters. The van der Waals surface area contributed by atoms with Crippen LogP contribution in [0.2, 0.25) is 0 Å². The summed E-state index contributed by atoms with van der Waals surface area (Å²) in [6.45, 7) is 1.85. The van der Waals surface area contributed by atoms with Crippen LogP contribution in [0.1, 0.15) is 15.9 Å². The molecule has 1 amide bonds. The highest BCUT2D eigenvalue weighted by Crippen LogP contribution is 2.22. The highest BCUT2D eigenvalue weighted by Gasteiger charge is 2.17. The Bertz CT molecular complexity index is 582. The van der Waals surface area contributed by atoms with Gasteiger partial charge in [-0.25, -0.2) is 0 Å². The van der Waals surface area contributed by atoms with Crippen LogP contribution in [-0.4, -0.2) is 25.0 Å². The Morgan fingerprint density at radius 3 is 2.53 bits per heavy atom. The molecule has 2 aromatic rings. The molecule has 0 radical (unpaired) electrons. The molecular formula is C15H16N2O2. The van der Waals surface area contributed by atoms with Crippen LogP contribution in [0.15, 0.2) is 42.7 Å². The average molecular weight is 256 g/mol. The van der Waals surface area contributed by atoms with Crippen molar-refractivity contribution < 1.29 is 9.53 Å². The third kappa shape index (κ3) is 2.57. The fourth-order valence-electron chi connectivity index (χ4n) is 1.88. The van der Waals surface area contributed by atoms with E-state index in [0.29, 0.717) is 11.3 Å². The lowest BCUT2D eigenvalue weighted by molar-refractivity contribution is 0.0991. The molecule has 0 saturated heterocycles. The normalized spacial score (nSPS) is 10.1. The first-order valence-corrected chi connectivity index (χ1v) is 5.97. The highest BCUT2D eigenvalue weighted by atomic mass is 16.5. The summed E-state index contributed by atoms with van der Waals surface area (Å²) in [6, 6.07) is 9.49. The number of benzene rings is 1. The van der Waals surface area contributed by atoms with E-state index in [-0.39, 0.29) is 5.91 Å². The number of hydrogen-bond donors (Lipinski definition) is 0. The minimum Gasteiger partial charge on any atom is -0.495 e. The predicted molar refractivity (Wildman–Crippen MR) is 74.7 cm³/mol. The second-order valence-corrected chi connectivity index (χ2v) is 4.21. The van der Waals surface area contributed by atoms with E-state index in [9.17, 15) is 4.79 Å². The number of anilines is 1. The van der Waals surface area contributed by atoms with Crippen molar-refractivity contribution in [2.75, 3.05) is 19.1 Å². The first kappa shape index (κ1) is 13.1. The van der Waals surface area contributed by atoms with E-state index < -0.39 is 0 Å². The largest absolute Gasteiger partial charge is 0.495 e. The molecule has 0 N–H and O–H groups in total. The third-order valence-electron chi connectivity index (χ3n) is 3.07. The minimum atomic E-state index is -0.102. The van der Waals surface area contributed by atoms with E-state index in [1.54, 1.807) is 31.5 Å². The second-order valence-electron chi connectivity index (χ2n) is 4.21. The Labute approximate surface area is 112 Å². The van der Waals surface area contributed by atoms with Gasteiger partial charge < -0.3 is 9.64 Å². The monoisotopic (exact) mass is 256 g/mol. The van der Waals surface area contributed by atoms with Gasteiger partial charge in [-0.15, -0.1) is 0 Å². The lowest BCUT2D eigenvalue weighted by Gasteiger charge is -2.18. The van der Waals surface area contributed by atoms with Crippen LogP contribution in [0.3, 0.4) is 0 Å².